The summed E-state index contributed by atoms with van der Waals surface area (Å²) in [5, 5.41) is 2.86. The summed E-state index contributed by atoms with van der Waals surface area (Å²) in [6.07, 6.45) is 2.01. The average Bonchev–Trinajstić information content (AvgIpc) is 2.68. The summed E-state index contributed by atoms with van der Waals surface area (Å²) in [5.41, 5.74) is 3.01. The van der Waals surface area contributed by atoms with E-state index in [4.69, 9.17) is 0 Å². The molecule has 27 heavy (non-hydrogen) atoms. The van der Waals surface area contributed by atoms with Gasteiger partial charge in [-0.05, 0) is 31.0 Å². The highest BCUT2D eigenvalue weighted by molar-refractivity contribution is 6.08. The number of para-hydroxylation sites is 1. The van der Waals surface area contributed by atoms with Crippen LogP contribution in [-0.2, 0) is 6.54 Å². The van der Waals surface area contributed by atoms with Crippen LogP contribution in [-0.4, -0.2) is 10.5 Å². The lowest BCUT2D eigenvalue weighted by Gasteiger charge is -2.20. The van der Waals surface area contributed by atoms with Gasteiger partial charge in [0.2, 0.25) is 0 Å². The molecule has 0 unspecified atom stereocenters. The van der Waals surface area contributed by atoms with E-state index < -0.39 is 0 Å². The minimum atomic E-state index is -0.379. The Morgan fingerprint density at radius 1 is 1.00 bits per heavy atom. The Hall–Kier alpha value is -3.14. The van der Waals surface area contributed by atoms with Crippen molar-refractivity contribution in [2.24, 2.45) is 0 Å². The molecular weight excluding hydrogens is 336 g/mol. The molecule has 0 atom stereocenters. The van der Waals surface area contributed by atoms with Crippen LogP contribution in [0.5, 0.6) is 0 Å². The number of rotatable bonds is 6. The molecule has 0 aliphatic heterocycles. The Kier molecular flexibility index (Phi) is 5.87. The van der Waals surface area contributed by atoms with Gasteiger partial charge in [0.1, 0.15) is 5.56 Å². The van der Waals surface area contributed by atoms with Crippen LogP contribution in [0.3, 0.4) is 0 Å². The summed E-state index contributed by atoms with van der Waals surface area (Å²) in [6.45, 7) is 4.81. The highest BCUT2D eigenvalue weighted by atomic mass is 16.2. The van der Waals surface area contributed by atoms with Crippen molar-refractivity contribution < 1.29 is 4.79 Å². The van der Waals surface area contributed by atoms with Crippen molar-refractivity contribution >= 4 is 11.6 Å². The Labute approximate surface area is 159 Å². The van der Waals surface area contributed by atoms with Gasteiger partial charge in [-0.1, -0.05) is 61.9 Å². The van der Waals surface area contributed by atoms with Crippen molar-refractivity contribution in [3.63, 3.8) is 0 Å². The van der Waals surface area contributed by atoms with E-state index in [2.05, 4.69) is 16.8 Å². The topological polar surface area (TPSA) is 51.1 Å². The van der Waals surface area contributed by atoms with Gasteiger partial charge in [0.05, 0.1) is 5.69 Å². The fraction of sp³-hybridized carbons (Fsp3) is 0.217. The molecule has 0 radical (unpaired) electrons. The van der Waals surface area contributed by atoms with Gasteiger partial charge in [-0.2, -0.15) is 0 Å². The van der Waals surface area contributed by atoms with E-state index in [1.54, 1.807) is 6.07 Å². The lowest BCUT2D eigenvalue weighted by molar-refractivity contribution is 0.102. The molecule has 1 heterocycles. The van der Waals surface area contributed by atoms with Crippen LogP contribution in [0, 0.1) is 6.92 Å². The average molecular weight is 360 g/mol. The number of aryl methyl sites for hydroxylation is 1. The van der Waals surface area contributed by atoms with E-state index in [9.17, 15) is 9.59 Å². The molecule has 0 fully saturated rings. The van der Waals surface area contributed by atoms with Crippen molar-refractivity contribution in [2.75, 3.05) is 5.32 Å². The first-order chi connectivity index (χ1) is 13.1. The fourth-order valence-corrected chi connectivity index (χ4v) is 3.20. The summed E-state index contributed by atoms with van der Waals surface area (Å²) in [7, 11) is 0. The molecule has 1 amide bonds. The number of nitrogens with zero attached hydrogens (tertiary/aromatic N) is 1. The second kappa shape index (κ2) is 8.49. The SMILES string of the molecule is CCCCn1c(C)cc(=O)c(C(=O)Nc2ccccc2)c1-c1ccccc1. The fourth-order valence-electron chi connectivity index (χ4n) is 3.20. The van der Waals surface area contributed by atoms with E-state index in [0.717, 1.165) is 30.6 Å². The summed E-state index contributed by atoms with van der Waals surface area (Å²) < 4.78 is 2.08. The number of amides is 1. The molecule has 0 spiro atoms. The van der Waals surface area contributed by atoms with Gasteiger partial charge in [0.25, 0.3) is 5.91 Å². The molecule has 1 aromatic heterocycles. The Bertz CT molecular complexity index is 977. The third-order valence-corrected chi connectivity index (χ3v) is 4.56. The van der Waals surface area contributed by atoms with E-state index in [1.807, 2.05) is 67.6 Å². The number of unbranched alkanes of at least 4 members (excludes halogenated alkanes) is 1. The molecule has 4 nitrogen and oxygen atoms in total. The van der Waals surface area contributed by atoms with Gasteiger partial charge in [-0.15, -0.1) is 0 Å². The number of hydrogen-bond donors (Lipinski definition) is 1. The number of aromatic nitrogens is 1. The van der Waals surface area contributed by atoms with Crippen LogP contribution in [0.1, 0.15) is 35.8 Å². The number of carbonyl (C=O) groups is 1. The summed E-state index contributed by atoms with van der Waals surface area (Å²) in [5.74, 6) is -0.379. The third-order valence-electron chi connectivity index (χ3n) is 4.56. The predicted molar refractivity (Wildman–Crippen MR) is 110 cm³/mol. The van der Waals surface area contributed by atoms with E-state index in [1.165, 1.54) is 0 Å². The van der Waals surface area contributed by atoms with Crippen molar-refractivity contribution in [3.8, 4) is 11.3 Å². The second-order valence-electron chi connectivity index (χ2n) is 6.56. The Balaban J connectivity index is 2.17. The minimum absolute atomic E-state index is 0.187. The van der Waals surface area contributed by atoms with Crippen LogP contribution in [0.15, 0.2) is 71.5 Å². The molecule has 0 bridgehead atoms. The van der Waals surface area contributed by atoms with Gasteiger partial charge in [0, 0.05) is 24.0 Å². The largest absolute Gasteiger partial charge is 0.344 e. The molecule has 4 heteroatoms. The van der Waals surface area contributed by atoms with Gasteiger partial charge in [-0.3, -0.25) is 9.59 Å². The monoisotopic (exact) mass is 360 g/mol. The van der Waals surface area contributed by atoms with Gasteiger partial charge in [0.15, 0.2) is 5.43 Å². The number of nitrogens with one attached hydrogen (secondary N) is 1. The summed E-state index contributed by atoms with van der Waals surface area (Å²) in [4.78, 5) is 25.9. The Morgan fingerprint density at radius 3 is 2.26 bits per heavy atom. The maximum absolute atomic E-state index is 13.0. The van der Waals surface area contributed by atoms with Crippen LogP contribution < -0.4 is 10.7 Å². The first kappa shape index (κ1) is 18.6. The van der Waals surface area contributed by atoms with Crippen molar-refractivity contribution in [1.29, 1.82) is 0 Å². The van der Waals surface area contributed by atoms with Gasteiger partial charge < -0.3 is 9.88 Å². The summed E-state index contributed by atoms with van der Waals surface area (Å²) in [6, 6.07) is 20.4. The molecule has 2 aromatic carbocycles. The lowest BCUT2D eigenvalue weighted by Crippen LogP contribution is -2.26. The van der Waals surface area contributed by atoms with E-state index in [-0.39, 0.29) is 16.9 Å². The number of carbonyl (C=O) groups excluding carboxylic acids is 1. The van der Waals surface area contributed by atoms with Gasteiger partial charge in [-0.25, -0.2) is 0 Å². The third kappa shape index (κ3) is 4.17. The van der Waals surface area contributed by atoms with E-state index in [0.29, 0.717) is 11.4 Å². The van der Waals surface area contributed by atoms with Gasteiger partial charge >= 0.3 is 0 Å². The minimum Gasteiger partial charge on any atom is -0.344 e. The smallest absolute Gasteiger partial charge is 0.261 e. The maximum Gasteiger partial charge on any atom is 0.261 e. The molecular formula is C23H24N2O2. The molecule has 0 saturated carbocycles. The predicted octanol–water partition coefficient (Wildman–Crippen LogP) is 4.88. The van der Waals surface area contributed by atoms with Crippen LogP contribution >= 0.6 is 0 Å². The quantitative estimate of drug-likeness (QED) is 0.681. The zero-order valence-corrected chi connectivity index (χ0v) is 15.7. The number of pyridine rings is 1. The second-order valence-corrected chi connectivity index (χ2v) is 6.56. The van der Waals surface area contributed by atoms with Crippen LogP contribution in [0.25, 0.3) is 11.3 Å². The van der Waals surface area contributed by atoms with Crippen LogP contribution in [0.2, 0.25) is 0 Å². The number of hydrogen-bond acceptors (Lipinski definition) is 2. The molecule has 3 aromatic rings. The molecule has 138 valence electrons. The zero-order valence-electron chi connectivity index (χ0n) is 15.7. The highest BCUT2D eigenvalue weighted by Gasteiger charge is 2.21. The first-order valence-corrected chi connectivity index (χ1v) is 9.28. The number of benzene rings is 2. The molecule has 0 aliphatic carbocycles. The highest BCUT2D eigenvalue weighted by Crippen LogP contribution is 2.25. The van der Waals surface area contributed by atoms with Crippen LogP contribution in [0.4, 0.5) is 5.69 Å². The van der Waals surface area contributed by atoms with Crippen molar-refractivity contribution in [1.82, 2.24) is 4.57 Å². The van der Waals surface area contributed by atoms with E-state index >= 15 is 0 Å². The first-order valence-electron chi connectivity index (χ1n) is 9.28. The maximum atomic E-state index is 13.0. The standard InChI is InChI=1S/C23H24N2O2/c1-3-4-15-25-17(2)16-20(26)21(22(25)18-11-7-5-8-12-18)23(27)24-19-13-9-6-10-14-19/h5-14,16H,3-4,15H2,1-2H3,(H,24,27). The van der Waals surface area contributed by atoms with Crippen molar-refractivity contribution in [3.05, 3.63) is 88.2 Å². The molecule has 3 rings (SSSR count). The molecule has 1 N–H and O–H groups in total. The Morgan fingerprint density at radius 2 is 1.63 bits per heavy atom. The lowest BCUT2D eigenvalue weighted by atomic mass is 10.0. The zero-order chi connectivity index (χ0) is 19.2. The molecule has 0 aliphatic rings. The number of anilines is 1. The molecule has 0 saturated heterocycles. The normalized spacial score (nSPS) is 10.6. The summed E-state index contributed by atoms with van der Waals surface area (Å²) >= 11 is 0. The van der Waals surface area contributed by atoms with Crippen molar-refractivity contribution in [2.45, 2.75) is 33.2 Å².